The Morgan fingerprint density at radius 2 is 1.90 bits per heavy atom. The van der Waals surface area contributed by atoms with Gasteiger partial charge in [-0.15, -0.1) is 0 Å². The van der Waals surface area contributed by atoms with E-state index in [1.165, 1.54) is 49.9 Å². The van der Waals surface area contributed by atoms with Crippen LogP contribution in [-0.4, -0.2) is 31.1 Å². The molecule has 1 unspecified atom stereocenters. The second-order valence-electron chi connectivity index (χ2n) is 6.35. The summed E-state index contributed by atoms with van der Waals surface area (Å²) in [6.07, 6.45) is 6.69. The molecule has 21 heavy (non-hydrogen) atoms. The van der Waals surface area contributed by atoms with Crippen molar-refractivity contribution >= 4 is 0 Å². The van der Waals surface area contributed by atoms with Gasteiger partial charge in [-0.3, -0.25) is 4.90 Å². The maximum absolute atomic E-state index is 3.44. The highest BCUT2D eigenvalue weighted by Gasteiger charge is 2.16. The van der Waals surface area contributed by atoms with Crippen molar-refractivity contribution in [2.75, 3.05) is 26.2 Å². The standard InChI is InChI=1S/C19H32N2/c1-3-17-8-7-14-21(15-12-17)16-19-10-6-5-9-18(19)11-13-20-4-2/h5-6,9-10,17,20H,3-4,7-8,11-16H2,1-2H3. The molecule has 2 heteroatoms. The largest absolute Gasteiger partial charge is 0.317 e. The van der Waals surface area contributed by atoms with Crippen molar-refractivity contribution in [2.45, 2.75) is 52.5 Å². The minimum atomic E-state index is 0.957. The van der Waals surface area contributed by atoms with Gasteiger partial charge < -0.3 is 5.32 Å². The third-order valence-electron chi connectivity index (χ3n) is 4.85. The Morgan fingerprint density at radius 3 is 2.67 bits per heavy atom. The van der Waals surface area contributed by atoms with Gasteiger partial charge in [0.1, 0.15) is 0 Å². The van der Waals surface area contributed by atoms with Crippen molar-refractivity contribution in [1.82, 2.24) is 10.2 Å². The summed E-state index contributed by atoms with van der Waals surface area (Å²) < 4.78 is 0. The fourth-order valence-corrected chi connectivity index (χ4v) is 3.39. The van der Waals surface area contributed by atoms with Crippen molar-refractivity contribution in [3.63, 3.8) is 0 Å². The van der Waals surface area contributed by atoms with E-state index < -0.39 is 0 Å². The lowest BCUT2D eigenvalue weighted by molar-refractivity contribution is 0.271. The van der Waals surface area contributed by atoms with Gasteiger partial charge in [0.05, 0.1) is 0 Å². The molecular weight excluding hydrogens is 256 g/mol. The predicted molar refractivity (Wildman–Crippen MR) is 91.6 cm³/mol. The fraction of sp³-hybridized carbons (Fsp3) is 0.684. The molecule has 0 bridgehead atoms. The van der Waals surface area contributed by atoms with Gasteiger partial charge in [0, 0.05) is 6.54 Å². The highest BCUT2D eigenvalue weighted by atomic mass is 15.1. The predicted octanol–water partition coefficient (Wildman–Crippen LogP) is 3.85. The number of nitrogens with one attached hydrogen (secondary N) is 1. The molecule has 1 N–H and O–H groups in total. The zero-order chi connectivity index (χ0) is 14.9. The summed E-state index contributed by atoms with van der Waals surface area (Å²) >= 11 is 0. The molecule has 1 fully saturated rings. The molecule has 0 aromatic heterocycles. The van der Waals surface area contributed by atoms with Crippen molar-refractivity contribution in [3.05, 3.63) is 35.4 Å². The summed E-state index contributed by atoms with van der Waals surface area (Å²) in [7, 11) is 0. The Bertz CT molecular complexity index is 402. The topological polar surface area (TPSA) is 15.3 Å². The second kappa shape index (κ2) is 9.22. The number of likely N-dealkylation sites (N-methyl/N-ethyl adjacent to an activating group) is 1. The van der Waals surface area contributed by atoms with E-state index >= 15 is 0 Å². The molecule has 1 atom stereocenters. The Kier molecular flexibility index (Phi) is 7.25. The van der Waals surface area contributed by atoms with Gasteiger partial charge in [-0.25, -0.2) is 0 Å². The first-order valence-electron chi connectivity index (χ1n) is 8.83. The van der Waals surface area contributed by atoms with E-state index in [0.717, 1.165) is 32.0 Å². The molecule has 1 aromatic rings. The number of nitrogens with zero attached hydrogens (tertiary/aromatic N) is 1. The molecule has 0 amide bonds. The van der Waals surface area contributed by atoms with E-state index in [-0.39, 0.29) is 0 Å². The number of likely N-dealkylation sites (tertiary alicyclic amines) is 1. The van der Waals surface area contributed by atoms with Crippen LogP contribution in [0.5, 0.6) is 0 Å². The lowest BCUT2D eigenvalue weighted by atomic mass is 9.98. The van der Waals surface area contributed by atoms with Crippen molar-refractivity contribution in [2.24, 2.45) is 5.92 Å². The number of hydrogen-bond donors (Lipinski definition) is 1. The van der Waals surface area contributed by atoms with Crippen LogP contribution in [0.4, 0.5) is 0 Å². The van der Waals surface area contributed by atoms with E-state index in [1.807, 2.05) is 0 Å². The molecule has 0 aliphatic carbocycles. The van der Waals surface area contributed by atoms with Crippen LogP contribution in [0, 0.1) is 5.92 Å². The molecule has 2 rings (SSSR count). The zero-order valence-corrected chi connectivity index (χ0v) is 13.9. The molecule has 1 aromatic carbocycles. The molecule has 1 aliphatic rings. The summed E-state index contributed by atoms with van der Waals surface area (Å²) in [5, 5.41) is 3.44. The second-order valence-corrected chi connectivity index (χ2v) is 6.35. The lowest BCUT2D eigenvalue weighted by Crippen LogP contribution is -2.25. The maximum Gasteiger partial charge on any atom is 0.0236 e. The third kappa shape index (κ3) is 5.44. The van der Waals surface area contributed by atoms with E-state index in [2.05, 4.69) is 48.3 Å². The molecule has 1 heterocycles. The van der Waals surface area contributed by atoms with E-state index in [9.17, 15) is 0 Å². The SMILES string of the molecule is CCNCCc1ccccc1CN1CCCC(CC)CC1. The van der Waals surface area contributed by atoms with Crippen LogP contribution in [0.15, 0.2) is 24.3 Å². The van der Waals surface area contributed by atoms with Gasteiger partial charge >= 0.3 is 0 Å². The van der Waals surface area contributed by atoms with Crippen LogP contribution in [0.3, 0.4) is 0 Å². The summed E-state index contributed by atoms with van der Waals surface area (Å²) in [6.45, 7) is 10.4. The summed E-state index contributed by atoms with van der Waals surface area (Å²) in [6, 6.07) is 9.00. The van der Waals surface area contributed by atoms with Crippen LogP contribution >= 0.6 is 0 Å². The zero-order valence-electron chi connectivity index (χ0n) is 13.9. The summed E-state index contributed by atoms with van der Waals surface area (Å²) in [5.41, 5.74) is 3.06. The molecule has 0 saturated carbocycles. The smallest absolute Gasteiger partial charge is 0.0236 e. The van der Waals surface area contributed by atoms with Crippen LogP contribution in [0.25, 0.3) is 0 Å². The van der Waals surface area contributed by atoms with Crippen molar-refractivity contribution < 1.29 is 0 Å². The quantitative estimate of drug-likeness (QED) is 0.767. The third-order valence-corrected chi connectivity index (χ3v) is 4.85. The normalized spacial score (nSPS) is 20.4. The molecule has 118 valence electrons. The summed E-state index contributed by atoms with van der Waals surface area (Å²) in [5.74, 6) is 0.957. The van der Waals surface area contributed by atoms with Gasteiger partial charge in [0.25, 0.3) is 0 Å². The molecular formula is C19H32N2. The van der Waals surface area contributed by atoms with Gasteiger partial charge in [0.15, 0.2) is 0 Å². The van der Waals surface area contributed by atoms with Crippen LogP contribution in [-0.2, 0) is 13.0 Å². The van der Waals surface area contributed by atoms with Crippen LogP contribution in [0.1, 0.15) is 50.7 Å². The molecule has 1 aliphatic heterocycles. The highest BCUT2D eigenvalue weighted by Crippen LogP contribution is 2.22. The Morgan fingerprint density at radius 1 is 1.10 bits per heavy atom. The molecule has 0 radical (unpaired) electrons. The van der Waals surface area contributed by atoms with E-state index in [4.69, 9.17) is 0 Å². The molecule has 0 spiro atoms. The van der Waals surface area contributed by atoms with Crippen molar-refractivity contribution in [1.29, 1.82) is 0 Å². The Hall–Kier alpha value is -0.860. The van der Waals surface area contributed by atoms with E-state index in [1.54, 1.807) is 0 Å². The fourth-order valence-electron chi connectivity index (χ4n) is 3.39. The van der Waals surface area contributed by atoms with Gasteiger partial charge in [0.2, 0.25) is 0 Å². The minimum Gasteiger partial charge on any atom is -0.317 e. The lowest BCUT2D eigenvalue weighted by Gasteiger charge is -2.22. The van der Waals surface area contributed by atoms with Crippen molar-refractivity contribution in [3.8, 4) is 0 Å². The first-order chi connectivity index (χ1) is 10.3. The summed E-state index contributed by atoms with van der Waals surface area (Å²) in [4.78, 5) is 2.67. The minimum absolute atomic E-state index is 0.957. The van der Waals surface area contributed by atoms with Crippen LogP contribution in [0.2, 0.25) is 0 Å². The molecule has 1 saturated heterocycles. The monoisotopic (exact) mass is 288 g/mol. The van der Waals surface area contributed by atoms with Gasteiger partial charge in [-0.05, 0) is 68.9 Å². The van der Waals surface area contributed by atoms with Gasteiger partial charge in [-0.2, -0.15) is 0 Å². The number of hydrogen-bond acceptors (Lipinski definition) is 2. The average Bonchev–Trinajstić information content (AvgIpc) is 2.74. The highest BCUT2D eigenvalue weighted by molar-refractivity contribution is 5.27. The first kappa shape index (κ1) is 16.5. The number of benzene rings is 1. The van der Waals surface area contributed by atoms with Crippen LogP contribution < -0.4 is 5.32 Å². The van der Waals surface area contributed by atoms with E-state index in [0.29, 0.717) is 0 Å². The van der Waals surface area contributed by atoms with Gasteiger partial charge in [-0.1, -0.05) is 44.5 Å². The molecule has 2 nitrogen and oxygen atoms in total. The Labute approximate surface area is 130 Å². The Balaban J connectivity index is 1.92. The average molecular weight is 288 g/mol. The first-order valence-corrected chi connectivity index (χ1v) is 8.83. The maximum atomic E-state index is 3.44. The number of rotatable bonds is 7.